The van der Waals surface area contributed by atoms with E-state index in [9.17, 15) is 0 Å². The van der Waals surface area contributed by atoms with Crippen molar-refractivity contribution >= 4 is 76.2 Å². The maximum Gasteiger partial charge on any atom is 0.0620 e. The smallest absolute Gasteiger partial charge is 0.0620 e. The van der Waals surface area contributed by atoms with Gasteiger partial charge in [-0.25, -0.2) is 0 Å². The number of nitrogens with zero attached hydrogens (tertiary/aromatic N) is 2. The summed E-state index contributed by atoms with van der Waals surface area (Å²) in [6, 6.07) is 53.8. The van der Waals surface area contributed by atoms with Crippen molar-refractivity contribution in [2.45, 2.75) is 0 Å². The summed E-state index contributed by atoms with van der Waals surface area (Å²) in [5, 5.41) is 10.5. The standard InChI is InChI=1S/C42H24N2/c1-2-10-25(11-3-1)26-22-23-38-36(24-26)35-20-9-19-34-33-18-8-17-32(41(33)44(38)42(34)35)31-16-7-15-30-29-14-6-13-28-27-12-4-5-21-37(27)43(39(28)29)40(30)31/h1-24H. The van der Waals surface area contributed by atoms with Gasteiger partial charge in [-0.3, -0.25) is 0 Å². The van der Waals surface area contributed by atoms with Gasteiger partial charge in [0.2, 0.25) is 0 Å². The molecule has 0 unspecified atom stereocenters. The van der Waals surface area contributed by atoms with Crippen LogP contribution in [0.5, 0.6) is 0 Å². The maximum absolute atomic E-state index is 2.53. The molecule has 2 nitrogen and oxygen atoms in total. The van der Waals surface area contributed by atoms with E-state index in [2.05, 4.69) is 154 Å². The average molecular weight is 557 g/mol. The van der Waals surface area contributed by atoms with E-state index < -0.39 is 0 Å². The van der Waals surface area contributed by atoms with Crippen LogP contribution in [0.2, 0.25) is 0 Å². The Morgan fingerprint density at radius 2 is 0.727 bits per heavy atom. The number of rotatable bonds is 2. The van der Waals surface area contributed by atoms with Gasteiger partial charge in [0, 0.05) is 54.2 Å². The molecule has 0 aliphatic heterocycles. The summed E-state index contributed by atoms with van der Waals surface area (Å²) in [5.41, 5.74) is 12.7. The Kier molecular flexibility index (Phi) is 4.10. The summed E-state index contributed by atoms with van der Waals surface area (Å²) in [7, 11) is 0. The lowest BCUT2D eigenvalue weighted by atomic mass is 9.98. The SMILES string of the molecule is c1ccc(-c2ccc3c(c2)c2cccc4c5cccc(-c6cccc7c8cccc9c%10ccccc%10n(c67)c98)c5n3c24)cc1. The minimum absolute atomic E-state index is 1.24. The Labute approximate surface area is 252 Å². The highest BCUT2D eigenvalue weighted by Crippen LogP contribution is 2.46. The van der Waals surface area contributed by atoms with E-state index in [0.717, 1.165) is 0 Å². The lowest BCUT2D eigenvalue weighted by Crippen LogP contribution is -1.89. The molecule has 0 aliphatic rings. The van der Waals surface area contributed by atoms with Crippen molar-refractivity contribution in [2.24, 2.45) is 0 Å². The van der Waals surface area contributed by atoms with Crippen LogP contribution in [0, 0.1) is 0 Å². The van der Waals surface area contributed by atoms with E-state index in [0.29, 0.717) is 0 Å². The molecular formula is C42H24N2. The van der Waals surface area contributed by atoms with Crippen molar-refractivity contribution in [1.82, 2.24) is 8.80 Å². The normalized spacial score (nSPS) is 12.5. The average Bonchev–Trinajstić information content (AvgIpc) is 3.82. The van der Waals surface area contributed by atoms with Crippen LogP contribution in [0.1, 0.15) is 0 Å². The van der Waals surface area contributed by atoms with Gasteiger partial charge in [-0.2, -0.15) is 0 Å². The van der Waals surface area contributed by atoms with Crippen molar-refractivity contribution in [3.05, 3.63) is 146 Å². The quantitative estimate of drug-likeness (QED) is 0.200. The Morgan fingerprint density at radius 3 is 1.36 bits per heavy atom. The van der Waals surface area contributed by atoms with E-state index in [4.69, 9.17) is 0 Å². The maximum atomic E-state index is 2.53. The van der Waals surface area contributed by atoms with Crippen molar-refractivity contribution < 1.29 is 0 Å². The number of fused-ring (bicyclic) bond motifs is 12. The molecule has 0 amide bonds. The van der Waals surface area contributed by atoms with Gasteiger partial charge in [0.25, 0.3) is 0 Å². The first-order valence-corrected chi connectivity index (χ1v) is 15.3. The predicted octanol–water partition coefficient (Wildman–Crippen LogP) is 11.3. The molecule has 0 saturated carbocycles. The minimum Gasteiger partial charge on any atom is -0.307 e. The molecule has 0 aliphatic carbocycles. The van der Waals surface area contributed by atoms with E-state index in [1.807, 2.05) is 0 Å². The van der Waals surface area contributed by atoms with Crippen molar-refractivity contribution in [3.8, 4) is 22.3 Å². The van der Waals surface area contributed by atoms with E-state index in [1.54, 1.807) is 0 Å². The molecule has 0 N–H and O–H groups in total. The van der Waals surface area contributed by atoms with Crippen LogP contribution >= 0.6 is 0 Å². The fourth-order valence-electron chi connectivity index (χ4n) is 8.24. The molecule has 0 bridgehead atoms. The fourth-order valence-corrected chi connectivity index (χ4v) is 8.24. The molecule has 0 fully saturated rings. The topological polar surface area (TPSA) is 8.82 Å². The Balaban J connectivity index is 1.32. The van der Waals surface area contributed by atoms with Crippen LogP contribution in [0.15, 0.2) is 146 Å². The van der Waals surface area contributed by atoms with Crippen LogP contribution in [0.25, 0.3) is 98.4 Å². The highest BCUT2D eigenvalue weighted by atomic mass is 14.9. The van der Waals surface area contributed by atoms with Gasteiger partial charge in [0.15, 0.2) is 0 Å². The summed E-state index contributed by atoms with van der Waals surface area (Å²) < 4.78 is 5.05. The molecule has 7 aromatic carbocycles. The first-order chi connectivity index (χ1) is 21.9. The summed E-state index contributed by atoms with van der Waals surface area (Å²) in [6.45, 7) is 0. The van der Waals surface area contributed by atoms with Crippen molar-refractivity contribution in [3.63, 3.8) is 0 Å². The van der Waals surface area contributed by atoms with Gasteiger partial charge in [-0.05, 0) is 29.3 Å². The largest absolute Gasteiger partial charge is 0.307 e. The third-order valence-corrected chi connectivity index (χ3v) is 9.98. The monoisotopic (exact) mass is 556 g/mol. The summed E-state index contributed by atoms with van der Waals surface area (Å²) >= 11 is 0. The molecule has 0 atom stereocenters. The molecule has 11 aromatic rings. The first-order valence-electron chi connectivity index (χ1n) is 15.3. The lowest BCUT2D eigenvalue weighted by molar-refractivity contribution is 1.35. The second kappa shape index (κ2) is 7.94. The Bertz CT molecular complexity index is 2920. The van der Waals surface area contributed by atoms with Gasteiger partial charge in [0.1, 0.15) is 0 Å². The minimum atomic E-state index is 1.24. The van der Waals surface area contributed by atoms with Gasteiger partial charge in [0.05, 0.1) is 33.1 Å². The second-order valence-electron chi connectivity index (χ2n) is 12.1. The van der Waals surface area contributed by atoms with E-state index in [1.165, 1.54) is 98.4 Å². The molecule has 0 spiro atoms. The third-order valence-electron chi connectivity index (χ3n) is 9.98. The molecule has 4 aromatic heterocycles. The zero-order valence-corrected chi connectivity index (χ0v) is 23.8. The molecule has 2 heteroatoms. The predicted molar refractivity (Wildman–Crippen MR) is 187 cm³/mol. The zero-order valence-electron chi connectivity index (χ0n) is 23.8. The summed E-state index contributed by atoms with van der Waals surface area (Å²) in [4.78, 5) is 0. The number of hydrogen-bond donors (Lipinski definition) is 0. The van der Waals surface area contributed by atoms with Gasteiger partial charge in [-0.1, -0.05) is 127 Å². The highest BCUT2D eigenvalue weighted by Gasteiger charge is 2.23. The first kappa shape index (κ1) is 22.7. The van der Waals surface area contributed by atoms with Gasteiger partial charge in [-0.15, -0.1) is 0 Å². The zero-order chi connectivity index (χ0) is 28.5. The molecular weight excluding hydrogens is 532 g/mol. The molecule has 0 saturated heterocycles. The molecule has 0 radical (unpaired) electrons. The van der Waals surface area contributed by atoms with Crippen LogP contribution in [0.3, 0.4) is 0 Å². The Morgan fingerprint density at radius 1 is 0.273 bits per heavy atom. The van der Waals surface area contributed by atoms with Crippen molar-refractivity contribution in [2.75, 3.05) is 0 Å². The highest BCUT2D eigenvalue weighted by molar-refractivity contribution is 6.28. The molecule has 11 rings (SSSR count). The summed E-state index contributed by atoms with van der Waals surface area (Å²) in [5.74, 6) is 0. The fraction of sp³-hybridized carbons (Fsp3) is 0. The van der Waals surface area contributed by atoms with Gasteiger partial charge < -0.3 is 8.80 Å². The third kappa shape index (κ3) is 2.63. The Hall–Kier alpha value is -5.86. The molecule has 44 heavy (non-hydrogen) atoms. The number of para-hydroxylation sites is 5. The molecule has 202 valence electrons. The van der Waals surface area contributed by atoms with Crippen molar-refractivity contribution in [1.29, 1.82) is 0 Å². The van der Waals surface area contributed by atoms with Crippen LogP contribution in [-0.2, 0) is 0 Å². The molecule has 4 heterocycles. The second-order valence-corrected chi connectivity index (χ2v) is 12.1. The van der Waals surface area contributed by atoms with Crippen LogP contribution in [-0.4, -0.2) is 8.80 Å². The lowest BCUT2D eigenvalue weighted by Gasteiger charge is -2.10. The summed E-state index contributed by atoms with van der Waals surface area (Å²) in [6.07, 6.45) is 0. The van der Waals surface area contributed by atoms with Gasteiger partial charge >= 0.3 is 0 Å². The van der Waals surface area contributed by atoms with E-state index in [-0.39, 0.29) is 0 Å². The van der Waals surface area contributed by atoms with Crippen LogP contribution < -0.4 is 0 Å². The van der Waals surface area contributed by atoms with E-state index >= 15 is 0 Å². The van der Waals surface area contributed by atoms with Crippen LogP contribution in [0.4, 0.5) is 0 Å². The number of hydrogen-bond acceptors (Lipinski definition) is 0. The number of aromatic nitrogens is 2. The number of benzene rings is 7.